The lowest BCUT2D eigenvalue weighted by molar-refractivity contribution is -0.120. The van der Waals surface area contributed by atoms with Crippen LogP contribution in [0.4, 0.5) is 0 Å². The van der Waals surface area contributed by atoms with Crippen LogP contribution >= 0.6 is 0 Å². The number of hydrogen-bond acceptors (Lipinski definition) is 7. The van der Waals surface area contributed by atoms with E-state index in [-0.39, 0.29) is 18.3 Å². The van der Waals surface area contributed by atoms with Crippen LogP contribution in [0.2, 0.25) is 0 Å². The Balaban J connectivity index is 2.29. The van der Waals surface area contributed by atoms with E-state index in [0.29, 0.717) is 0 Å². The van der Waals surface area contributed by atoms with E-state index in [0.717, 1.165) is 11.0 Å². The second-order valence-electron chi connectivity index (χ2n) is 3.78. The highest BCUT2D eigenvalue weighted by atomic mass is 16.6. The normalized spacial score (nSPS) is 32.9. The molecule has 0 radical (unpaired) electrons. The van der Waals surface area contributed by atoms with Crippen molar-refractivity contribution in [2.45, 2.75) is 17.9 Å². The van der Waals surface area contributed by atoms with E-state index in [1.54, 1.807) is 0 Å². The Morgan fingerprint density at radius 1 is 1.76 bits per heavy atom. The van der Waals surface area contributed by atoms with Gasteiger partial charge in [-0.3, -0.25) is 5.41 Å². The summed E-state index contributed by atoms with van der Waals surface area (Å²) >= 11 is 0. The van der Waals surface area contributed by atoms with Crippen LogP contribution in [0.15, 0.2) is 6.33 Å². The van der Waals surface area contributed by atoms with E-state index in [1.807, 2.05) is 0 Å². The van der Waals surface area contributed by atoms with Crippen LogP contribution in [-0.4, -0.2) is 61.3 Å². The molecule has 3 atom stereocenters. The summed E-state index contributed by atoms with van der Waals surface area (Å²) in [6, 6.07) is 0. The van der Waals surface area contributed by atoms with Crippen molar-refractivity contribution in [3.63, 3.8) is 0 Å². The lowest BCUT2D eigenvalue weighted by Crippen LogP contribution is -2.47. The smallest absolute Gasteiger partial charge is 0.215 e. The van der Waals surface area contributed by atoms with Crippen molar-refractivity contribution in [2.24, 2.45) is 5.73 Å². The van der Waals surface area contributed by atoms with Crippen LogP contribution in [0, 0.1) is 5.41 Å². The fourth-order valence-electron chi connectivity index (χ4n) is 1.63. The first-order valence-electron chi connectivity index (χ1n) is 4.88. The van der Waals surface area contributed by atoms with Gasteiger partial charge in [-0.15, -0.1) is 5.10 Å². The molecule has 1 aliphatic rings. The summed E-state index contributed by atoms with van der Waals surface area (Å²) in [6.45, 7) is -0.655. The molecule has 2 heterocycles. The summed E-state index contributed by atoms with van der Waals surface area (Å²) in [7, 11) is 0. The first-order chi connectivity index (χ1) is 7.99. The maximum atomic E-state index is 10.2. The van der Waals surface area contributed by atoms with Crippen LogP contribution in [0.5, 0.6) is 0 Å². The minimum absolute atomic E-state index is 0.0573. The summed E-state index contributed by atoms with van der Waals surface area (Å²) in [6.07, 6.45) is -1.08. The molecule has 94 valence electrons. The number of aliphatic hydroxyl groups excluding tert-OH is 2. The molecule has 0 saturated carbocycles. The van der Waals surface area contributed by atoms with Gasteiger partial charge in [0.05, 0.1) is 13.2 Å². The minimum Gasteiger partial charge on any atom is -0.394 e. The summed E-state index contributed by atoms with van der Waals surface area (Å²) in [5, 5.41) is 39.8. The van der Waals surface area contributed by atoms with Crippen molar-refractivity contribution in [3.05, 3.63) is 12.2 Å². The summed E-state index contributed by atoms with van der Waals surface area (Å²) in [4.78, 5) is 3.70. The Morgan fingerprint density at radius 2 is 2.47 bits per heavy atom. The number of nitrogen functional groups attached to an aromatic ring is 1. The van der Waals surface area contributed by atoms with Gasteiger partial charge in [-0.05, 0) is 0 Å². The predicted molar refractivity (Wildman–Crippen MR) is 54.1 cm³/mol. The molecule has 1 saturated heterocycles. The number of hydrogen-bond donors (Lipinski definition) is 5. The topological polar surface area (TPSA) is 150 Å². The molecule has 1 fully saturated rings. The largest absolute Gasteiger partial charge is 0.394 e. The van der Waals surface area contributed by atoms with Crippen molar-refractivity contribution in [1.29, 1.82) is 5.41 Å². The van der Waals surface area contributed by atoms with E-state index in [9.17, 15) is 10.2 Å². The van der Waals surface area contributed by atoms with Gasteiger partial charge in [-0.1, -0.05) is 0 Å². The van der Waals surface area contributed by atoms with Crippen molar-refractivity contribution in [3.8, 4) is 0 Å². The average Bonchev–Trinajstić information content (AvgIpc) is 2.87. The molecule has 0 amide bonds. The van der Waals surface area contributed by atoms with Crippen molar-refractivity contribution in [1.82, 2.24) is 14.8 Å². The Bertz CT molecular complexity index is 435. The number of nitrogens with one attached hydrogen (secondary N) is 1. The zero-order valence-corrected chi connectivity index (χ0v) is 8.82. The number of amidine groups is 1. The lowest BCUT2D eigenvalue weighted by atomic mass is 10.1. The number of nitrogens with zero attached hydrogens (tertiary/aromatic N) is 3. The van der Waals surface area contributed by atoms with E-state index in [4.69, 9.17) is 21.0 Å². The third-order valence-corrected chi connectivity index (χ3v) is 2.65. The van der Waals surface area contributed by atoms with E-state index in [2.05, 4.69) is 10.1 Å². The van der Waals surface area contributed by atoms with Gasteiger partial charge < -0.3 is 25.8 Å². The number of nitrogens with two attached hydrogens (primary N) is 1. The SMILES string of the molecule is N=C(N)c1ncn(C2(O)COC(CO)[C@@H]2O)n1. The third kappa shape index (κ3) is 1.78. The first kappa shape index (κ1) is 11.9. The summed E-state index contributed by atoms with van der Waals surface area (Å²) in [5.74, 6) is -0.405. The number of aromatic nitrogens is 3. The molecule has 0 spiro atoms. The second-order valence-corrected chi connectivity index (χ2v) is 3.78. The van der Waals surface area contributed by atoms with Gasteiger partial charge in [-0.2, -0.15) is 0 Å². The van der Waals surface area contributed by atoms with Gasteiger partial charge in [0.15, 0.2) is 5.84 Å². The van der Waals surface area contributed by atoms with Gasteiger partial charge in [0.1, 0.15) is 18.5 Å². The Kier molecular flexibility index (Phi) is 2.83. The van der Waals surface area contributed by atoms with Gasteiger partial charge in [-0.25, -0.2) is 9.67 Å². The molecule has 6 N–H and O–H groups in total. The first-order valence-corrected chi connectivity index (χ1v) is 4.88. The standard InChI is InChI=1S/C8H13N5O4/c9-6(10)7-11-3-13(12-7)8(16)2-17-4(1-14)5(8)15/h3-5,14-16H,1-2H2,(H3,9,10)/t4?,5-,8?/m0/s1. The Labute approximate surface area is 96.0 Å². The quantitative estimate of drug-likeness (QED) is 0.279. The molecule has 9 nitrogen and oxygen atoms in total. The molecule has 2 unspecified atom stereocenters. The van der Waals surface area contributed by atoms with E-state index < -0.39 is 24.5 Å². The molecule has 0 bridgehead atoms. The van der Waals surface area contributed by atoms with Gasteiger partial charge in [0, 0.05) is 0 Å². The molecule has 9 heteroatoms. The Hall–Kier alpha value is -1.55. The van der Waals surface area contributed by atoms with Gasteiger partial charge in [0.25, 0.3) is 0 Å². The van der Waals surface area contributed by atoms with Crippen LogP contribution in [0.3, 0.4) is 0 Å². The zero-order chi connectivity index (χ0) is 12.6. The fourth-order valence-corrected chi connectivity index (χ4v) is 1.63. The maximum absolute atomic E-state index is 10.2. The molecule has 17 heavy (non-hydrogen) atoms. The lowest BCUT2D eigenvalue weighted by Gasteiger charge is -2.25. The molecule has 1 aromatic heterocycles. The third-order valence-electron chi connectivity index (χ3n) is 2.65. The van der Waals surface area contributed by atoms with Crippen LogP contribution in [0.1, 0.15) is 5.82 Å². The zero-order valence-electron chi connectivity index (χ0n) is 8.82. The van der Waals surface area contributed by atoms with E-state index >= 15 is 0 Å². The highest BCUT2D eigenvalue weighted by Gasteiger charge is 2.50. The number of aliphatic hydroxyl groups is 3. The molecule has 0 aromatic carbocycles. The monoisotopic (exact) mass is 243 g/mol. The van der Waals surface area contributed by atoms with Crippen molar-refractivity contribution < 1.29 is 20.1 Å². The molecule has 1 aliphatic heterocycles. The molecule has 0 aliphatic carbocycles. The highest BCUT2D eigenvalue weighted by Crippen LogP contribution is 2.28. The van der Waals surface area contributed by atoms with Crippen LogP contribution in [-0.2, 0) is 10.5 Å². The van der Waals surface area contributed by atoms with Gasteiger partial charge in [0.2, 0.25) is 11.5 Å². The molecular formula is C8H13N5O4. The summed E-state index contributed by atoms with van der Waals surface area (Å²) < 4.78 is 6.01. The van der Waals surface area contributed by atoms with Gasteiger partial charge >= 0.3 is 0 Å². The average molecular weight is 243 g/mol. The number of rotatable bonds is 3. The van der Waals surface area contributed by atoms with E-state index in [1.165, 1.54) is 0 Å². The van der Waals surface area contributed by atoms with Crippen LogP contribution < -0.4 is 5.73 Å². The molecule has 1 aromatic rings. The number of ether oxygens (including phenoxy) is 1. The maximum Gasteiger partial charge on any atom is 0.215 e. The summed E-state index contributed by atoms with van der Waals surface area (Å²) in [5.41, 5.74) is 3.38. The highest BCUT2D eigenvalue weighted by molar-refractivity contribution is 5.90. The Morgan fingerprint density at radius 3 is 2.94 bits per heavy atom. The van der Waals surface area contributed by atoms with Crippen LogP contribution in [0.25, 0.3) is 0 Å². The minimum atomic E-state index is -1.81. The predicted octanol–water partition coefficient (Wildman–Crippen LogP) is -3.04. The van der Waals surface area contributed by atoms with Crippen molar-refractivity contribution >= 4 is 5.84 Å². The second kappa shape index (κ2) is 4.04. The molecular weight excluding hydrogens is 230 g/mol. The fraction of sp³-hybridized carbons (Fsp3) is 0.625. The molecule has 2 rings (SSSR count). The van der Waals surface area contributed by atoms with Crippen molar-refractivity contribution in [2.75, 3.05) is 13.2 Å².